The zero-order chi connectivity index (χ0) is 18.0. The molecule has 0 unspecified atom stereocenters. The van der Waals surface area contributed by atoms with Crippen molar-refractivity contribution in [3.63, 3.8) is 0 Å². The van der Waals surface area contributed by atoms with Crippen LogP contribution in [0.25, 0.3) is 0 Å². The van der Waals surface area contributed by atoms with Crippen molar-refractivity contribution in [1.29, 1.82) is 0 Å². The fraction of sp³-hybridized carbons (Fsp3) is 0.700. The molecule has 0 aromatic heterocycles. The second kappa shape index (κ2) is 6.34. The van der Waals surface area contributed by atoms with Crippen LogP contribution in [-0.4, -0.2) is 43.3 Å². The standard InChI is InChI=1S/C10H9F9O3/c1-5(2)6(20)21-3-4-22-7(8(11,12)13,9(14,15)16)10(17,18)19/h1,3-4H2,2H3. The van der Waals surface area contributed by atoms with Crippen LogP contribution in [0, 0.1) is 0 Å². The molecular weight excluding hydrogens is 339 g/mol. The normalized spacial score (nSPS) is 13.9. The Hall–Kier alpha value is -1.46. The summed E-state index contributed by atoms with van der Waals surface area (Å²) in [4.78, 5) is 10.8. The Bertz CT molecular complexity index is 383. The number of alkyl halides is 9. The lowest BCUT2D eigenvalue weighted by Gasteiger charge is -2.37. The van der Waals surface area contributed by atoms with Gasteiger partial charge in [-0.1, -0.05) is 6.58 Å². The van der Waals surface area contributed by atoms with Gasteiger partial charge in [-0.25, -0.2) is 4.79 Å². The number of hydrogen-bond acceptors (Lipinski definition) is 3. The Labute approximate surface area is 117 Å². The van der Waals surface area contributed by atoms with Crippen LogP contribution in [0.15, 0.2) is 12.2 Å². The van der Waals surface area contributed by atoms with Crippen LogP contribution in [0.2, 0.25) is 0 Å². The molecule has 0 aliphatic rings. The molecule has 0 aromatic carbocycles. The molecule has 0 bridgehead atoms. The van der Waals surface area contributed by atoms with E-state index in [-0.39, 0.29) is 5.57 Å². The van der Waals surface area contributed by atoms with E-state index < -0.39 is 43.3 Å². The van der Waals surface area contributed by atoms with Crippen molar-refractivity contribution in [1.82, 2.24) is 0 Å². The summed E-state index contributed by atoms with van der Waals surface area (Å²) in [5.74, 6) is -1.21. The highest BCUT2D eigenvalue weighted by atomic mass is 19.4. The van der Waals surface area contributed by atoms with E-state index in [1.165, 1.54) is 0 Å². The molecule has 0 saturated heterocycles. The average molecular weight is 348 g/mol. The van der Waals surface area contributed by atoms with Crippen molar-refractivity contribution in [3.05, 3.63) is 12.2 Å². The van der Waals surface area contributed by atoms with Gasteiger partial charge in [-0.15, -0.1) is 0 Å². The lowest BCUT2D eigenvalue weighted by molar-refractivity contribution is -0.457. The van der Waals surface area contributed by atoms with E-state index in [0.717, 1.165) is 6.92 Å². The first kappa shape index (κ1) is 20.5. The van der Waals surface area contributed by atoms with Crippen LogP contribution in [0.3, 0.4) is 0 Å². The largest absolute Gasteiger partial charge is 0.460 e. The van der Waals surface area contributed by atoms with Gasteiger partial charge in [0.2, 0.25) is 0 Å². The fourth-order valence-electron chi connectivity index (χ4n) is 1.18. The van der Waals surface area contributed by atoms with E-state index in [2.05, 4.69) is 16.1 Å². The maximum Gasteiger partial charge on any atom is 0.435 e. The lowest BCUT2D eigenvalue weighted by atomic mass is 10.0. The summed E-state index contributed by atoms with van der Waals surface area (Å²) >= 11 is 0. The Morgan fingerprint density at radius 1 is 0.864 bits per heavy atom. The third kappa shape index (κ3) is 4.05. The maximum atomic E-state index is 12.4. The van der Waals surface area contributed by atoms with Gasteiger partial charge in [-0.2, -0.15) is 39.5 Å². The van der Waals surface area contributed by atoms with Gasteiger partial charge in [0.05, 0.1) is 6.61 Å². The number of ether oxygens (including phenoxy) is 2. The minimum atomic E-state index is -6.82. The quantitative estimate of drug-likeness (QED) is 0.330. The van der Waals surface area contributed by atoms with Crippen molar-refractivity contribution in [2.75, 3.05) is 13.2 Å². The maximum absolute atomic E-state index is 12.4. The van der Waals surface area contributed by atoms with Crippen molar-refractivity contribution >= 4 is 5.97 Å². The SMILES string of the molecule is C=C(C)C(=O)OCCOC(C(F)(F)F)(C(F)(F)F)C(F)(F)F. The second-order valence-corrected chi connectivity index (χ2v) is 3.94. The second-order valence-electron chi connectivity index (χ2n) is 3.94. The first-order valence-electron chi connectivity index (χ1n) is 5.24. The van der Waals surface area contributed by atoms with E-state index >= 15 is 0 Å². The molecule has 0 aliphatic carbocycles. The smallest absolute Gasteiger partial charge is 0.435 e. The predicted molar refractivity (Wildman–Crippen MR) is 52.6 cm³/mol. The molecule has 130 valence electrons. The van der Waals surface area contributed by atoms with Gasteiger partial charge >= 0.3 is 30.1 Å². The van der Waals surface area contributed by atoms with Crippen molar-refractivity contribution in [2.45, 2.75) is 31.1 Å². The van der Waals surface area contributed by atoms with Gasteiger partial charge in [0, 0.05) is 5.57 Å². The molecule has 3 nitrogen and oxygen atoms in total. The molecule has 0 radical (unpaired) electrons. The average Bonchev–Trinajstić information content (AvgIpc) is 2.22. The fourth-order valence-corrected chi connectivity index (χ4v) is 1.18. The Morgan fingerprint density at radius 3 is 1.50 bits per heavy atom. The van der Waals surface area contributed by atoms with Gasteiger partial charge in [0.15, 0.2) is 0 Å². The molecule has 0 saturated carbocycles. The molecule has 0 aromatic rings. The van der Waals surface area contributed by atoms with Gasteiger partial charge in [-0.05, 0) is 6.92 Å². The molecule has 0 fully saturated rings. The van der Waals surface area contributed by atoms with Crippen LogP contribution < -0.4 is 0 Å². The molecule has 0 spiro atoms. The van der Waals surface area contributed by atoms with Crippen LogP contribution in [0.1, 0.15) is 6.92 Å². The van der Waals surface area contributed by atoms with Gasteiger partial charge in [-0.3, -0.25) is 0 Å². The zero-order valence-electron chi connectivity index (χ0n) is 10.7. The molecule has 0 atom stereocenters. The molecule has 0 aliphatic heterocycles. The number of esters is 1. The highest BCUT2D eigenvalue weighted by Gasteiger charge is 2.85. The number of carbonyl (C=O) groups is 1. The summed E-state index contributed by atoms with van der Waals surface area (Å²) in [5, 5.41) is 0. The summed E-state index contributed by atoms with van der Waals surface area (Å²) in [6.45, 7) is 1.12. The van der Waals surface area contributed by atoms with E-state index in [4.69, 9.17) is 0 Å². The molecule has 22 heavy (non-hydrogen) atoms. The summed E-state index contributed by atoms with van der Waals surface area (Å²) in [7, 11) is 0. The molecule has 0 amide bonds. The van der Waals surface area contributed by atoms with Crippen molar-refractivity contribution < 1.29 is 53.8 Å². The van der Waals surface area contributed by atoms with Crippen LogP contribution in [0.5, 0.6) is 0 Å². The number of hydrogen-bond donors (Lipinski definition) is 0. The summed E-state index contributed by atoms with van der Waals surface area (Å²) in [5.41, 5.74) is -6.63. The molecule has 12 heteroatoms. The Balaban J connectivity index is 5.30. The summed E-state index contributed by atoms with van der Waals surface area (Å²) in [6, 6.07) is 0. The van der Waals surface area contributed by atoms with E-state index in [9.17, 15) is 44.3 Å². The van der Waals surface area contributed by atoms with Crippen LogP contribution in [0.4, 0.5) is 39.5 Å². The number of rotatable bonds is 5. The first-order valence-corrected chi connectivity index (χ1v) is 5.24. The molecular formula is C10H9F9O3. The summed E-state index contributed by atoms with van der Waals surface area (Å²) < 4.78 is 119. The lowest BCUT2D eigenvalue weighted by Crippen LogP contribution is -2.68. The monoisotopic (exact) mass is 348 g/mol. The number of halogens is 9. The first-order chi connectivity index (χ1) is 9.58. The van der Waals surface area contributed by atoms with Crippen LogP contribution in [-0.2, 0) is 14.3 Å². The summed E-state index contributed by atoms with van der Waals surface area (Å²) in [6.07, 6.45) is -20.5. The predicted octanol–water partition coefficient (Wildman–Crippen LogP) is 3.55. The topological polar surface area (TPSA) is 35.5 Å². The van der Waals surface area contributed by atoms with Gasteiger partial charge < -0.3 is 9.47 Å². The van der Waals surface area contributed by atoms with Crippen molar-refractivity contribution in [3.8, 4) is 0 Å². The van der Waals surface area contributed by atoms with Gasteiger partial charge in [0.25, 0.3) is 0 Å². The minimum Gasteiger partial charge on any atom is -0.460 e. The minimum absolute atomic E-state index is 0.256. The van der Waals surface area contributed by atoms with Gasteiger partial charge in [0.1, 0.15) is 6.61 Å². The van der Waals surface area contributed by atoms with Crippen molar-refractivity contribution in [2.24, 2.45) is 0 Å². The van der Waals surface area contributed by atoms with E-state index in [1.807, 2.05) is 0 Å². The number of carbonyl (C=O) groups excluding carboxylic acids is 1. The molecule has 0 N–H and O–H groups in total. The Morgan fingerprint density at radius 2 is 1.23 bits per heavy atom. The third-order valence-electron chi connectivity index (χ3n) is 2.18. The third-order valence-corrected chi connectivity index (χ3v) is 2.18. The highest BCUT2D eigenvalue weighted by molar-refractivity contribution is 5.86. The van der Waals surface area contributed by atoms with Crippen LogP contribution >= 0.6 is 0 Å². The highest BCUT2D eigenvalue weighted by Crippen LogP contribution is 2.54. The molecule has 0 heterocycles. The van der Waals surface area contributed by atoms with E-state index in [0.29, 0.717) is 0 Å². The Kier molecular flexibility index (Phi) is 5.92. The van der Waals surface area contributed by atoms with E-state index in [1.54, 1.807) is 0 Å². The molecule has 0 rings (SSSR count). The zero-order valence-corrected chi connectivity index (χ0v) is 10.7.